The molecule has 108 valence electrons. The maximum absolute atomic E-state index is 12.2. The van der Waals surface area contributed by atoms with Gasteiger partial charge in [-0.1, -0.05) is 0 Å². The van der Waals surface area contributed by atoms with Gasteiger partial charge < -0.3 is 10.5 Å². The summed E-state index contributed by atoms with van der Waals surface area (Å²) in [6.45, 7) is 3.78. The summed E-state index contributed by atoms with van der Waals surface area (Å²) in [6, 6.07) is 3.37. The third kappa shape index (κ3) is 3.76. The van der Waals surface area contributed by atoms with Crippen molar-refractivity contribution in [2.24, 2.45) is 11.7 Å². The number of ether oxygens (including phenoxy) is 1. The predicted molar refractivity (Wildman–Crippen MR) is 75.8 cm³/mol. The van der Waals surface area contributed by atoms with Crippen LogP contribution in [0.4, 0.5) is 0 Å². The van der Waals surface area contributed by atoms with Crippen LogP contribution in [0.25, 0.3) is 0 Å². The first-order chi connectivity index (χ1) is 9.03. The topological polar surface area (TPSA) is 81.4 Å². The van der Waals surface area contributed by atoms with Crippen molar-refractivity contribution in [1.29, 1.82) is 0 Å². The molecule has 0 amide bonds. The molecule has 2 unspecified atom stereocenters. The van der Waals surface area contributed by atoms with Crippen LogP contribution in [0, 0.1) is 5.92 Å². The van der Waals surface area contributed by atoms with Crippen molar-refractivity contribution in [2.45, 2.75) is 30.0 Å². The van der Waals surface area contributed by atoms with Gasteiger partial charge in [0.1, 0.15) is 4.21 Å². The Kier molecular flexibility index (Phi) is 4.97. The van der Waals surface area contributed by atoms with Crippen molar-refractivity contribution in [2.75, 3.05) is 19.8 Å². The maximum atomic E-state index is 12.2. The highest BCUT2D eigenvalue weighted by Gasteiger charge is 2.27. The lowest BCUT2D eigenvalue weighted by atomic mass is 10.0. The maximum Gasteiger partial charge on any atom is 0.250 e. The van der Waals surface area contributed by atoms with Gasteiger partial charge in [0, 0.05) is 23.4 Å². The molecular formula is C12H20N2O3S2. The smallest absolute Gasteiger partial charge is 0.250 e. The van der Waals surface area contributed by atoms with E-state index in [1.54, 1.807) is 6.07 Å². The zero-order valence-corrected chi connectivity index (χ0v) is 12.6. The summed E-state index contributed by atoms with van der Waals surface area (Å²) in [5.74, 6) is 0.262. The zero-order chi connectivity index (χ0) is 13.9. The van der Waals surface area contributed by atoms with E-state index in [4.69, 9.17) is 10.5 Å². The molecule has 1 saturated heterocycles. The molecule has 2 heterocycles. The lowest BCUT2D eigenvalue weighted by Crippen LogP contribution is -2.38. The molecule has 0 spiro atoms. The molecule has 2 rings (SSSR count). The van der Waals surface area contributed by atoms with Gasteiger partial charge in [-0.05, 0) is 38.4 Å². The van der Waals surface area contributed by atoms with Crippen molar-refractivity contribution in [1.82, 2.24) is 4.72 Å². The summed E-state index contributed by atoms with van der Waals surface area (Å²) in [5, 5.41) is 0. The average Bonchev–Trinajstić information content (AvgIpc) is 2.99. The van der Waals surface area contributed by atoms with Gasteiger partial charge in [0.25, 0.3) is 0 Å². The fraction of sp³-hybridized carbons (Fsp3) is 0.667. The van der Waals surface area contributed by atoms with E-state index in [1.165, 1.54) is 11.3 Å². The van der Waals surface area contributed by atoms with Crippen LogP contribution in [0.2, 0.25) is 0 Å². The molecule has 2 atom stereocenters. The average molecular weight is 304 g/mol. The first-order valence-electron chi connectivity index (χ1n) is 6.42. The highest BCUT2D eigenvalue weighted by molar-refractivity contribution is 7.91. The molecule has 0 aromatic carbocycles. The third-order valence-electron chi connectivity index (χ3n) is 3.31. The Morgan fingerprint density at radius 1 is 1.58 bits per heavy atom. The van der Waals surface area contributed by atoms with E-state index >= 15 is 0 Å². The Morgan fingerprint density at radius 2 is 2.37 bits per heavy atom. The van der Waals surface area contributed by atoms with E-state index in [1.807, 2.05) is 13.0 Å². The van der Waals surface area contributed by atoms with Gasteiger partial charge >= 0.3 is 0 Å². The van der Waals surface area contributed by atoms with Crippen LogP contribution in [0.5, 0.6) is 0 Å². The summed E-state index contributed by atoms with van der Waals surface area (Å²) in [5.41, 5.74) is 5.47. The van der Waals surface area contributed by atoms with Crippen LogP contribution in [0.1, 0.15) is 18.2 Å². The molecule has 1 aromatic heterocycles. The van der Waals surface area contributed by atoms with Crippen LogP contribution >= 0.6 is 11.3 Å². The van der Waals surface area contributed by atoms with Crippen molar-refractivity contribution in [3.05, 3.63) is 17.0 Å². The van der Waals surface area contributed by atoms with Gasteiger partial charge in [-0.3, -0.25) is 0 Å². The number of thiophene rings is 1. The summed E-state index contributed by atoms with van der Waals surface area (Å²) in [6.07, 6.45) is 1.62. The van der Waals surface area contributed by atoms with Gasteiger partial charge in [-0.2, -0.15) is 0 Å². The number of nitrogens with one attached hydrogen (secondary N) is 1. The van der Waals surface area contributed by atoms with Crippen LogP contribution in [-0.4, -0.2) is 34.2 Å². The second-order valence-corrected chi connectivity index (χ2v) is 7.90. The minimum Gasteiger partial charge on any atom is -0.381 e. The van der Waals surface area contributed by atoms with Crippen molar-refractivity contribution in [3.63, 3.8) is 0 Å². The van der Waals surface area contributed by atoms with E-state index in [0.717, 1.165) is 17.9 Å². The predicted octanol–water partition coefficient (Wildman–Crippen LogP) is 0.953. The molecule has 0 radical (unpaired) electrons. The fourth-order valence-electron chi connectivity index (χ4n) is 2.13. The highest BCUT2D eigenvalue weighted by atomic mass is 32.2. The van der Waals surface area contributed by atoms with Gasteiger partial charge in [0.2, 0.25) is 10.0 Å². The van der Waals surface area contributed by atoms with Crippen LogP contribution in [-0.2, 0) is 21.2 Å². The molecular weight excluding hydrogens is 284 g/mol. The number of nitrogens with two attached hydrogens (primary N) is 1. The normalized spacial score (nSPS) is 21.7. The Labute approximate surface area is 118 Å². The van der Waals surface area contributed by atoms with Crippen molar-refractivity contribution in [3.8, 4) is 0 Å². The Balaban J connectivity index is 2.03. The molecule has 0 bridgehead atoms. The van der Waals surface area contributed by atoms with Gasteiger partial charge in [-0.25, -0.2) is 13.1 Å². The molecule has 1 aromatic rings. The van der Waals surface area contributed by atoms with E-state index in [2.05, 4.69) is 4.72 Å². The first-order valence-corrected chi connectivity index (χ1v) is 8.72. The summed E-state index contributed by atoms with van der Waals surface area (Å²) in [4.78, 5) is 1.000. The monoisotopic (exact) mass is 304 g/mol. The molecule has 1 aliphatic rings. The standard InChI is InChI=1S/C12H20N2O3S2/c1-9(10-5-7-17-8-10)14-19(15,16)12-3-2-11(18-12)4-6-13/h2-3,9-10,14H,4-8,13H2,1H3. The molecule has 3 N–H and O–H groups in total. The molecule has 7 heteroatoms. The SMILES string of the molecule is CC(NS(=O)(=O)c1ccc(CCN)s1)C1CCOC1. The number of hydrogen-bond donors (Lipinski definition) is 2. The van der Waals surface area contributed by atoms with E-state index in [-0.39, 0.29) is 12.0 Å². The van der Waals surface area contributed by atoms with E-state index < -0.39 is 10.0 Å². The summed E-state index contributed by atoms with van der Waals surface area (Å²) in [7, 11) is -3.42. The molecule has 0 saturated carbocycles. The van der Waals surface area contributed by atoms with Crippen LogP contribution < -0.4 is 10.5 Å². The van der Waals surface area contributed by atoms with Gasteiger partial charge in [-0.15, -0.1) is 11.3 Å². The quantitative estimate of drug-likeness (QED) is 0.820. The molecule has 19 heavy (non-hydrogen) atoms. The Morgan fingerprint density at radius 3 is 3.00 bits per heavy atom. The number of hydrogen-bond acceptors (Lipinski definition) is 5. The van der Waals surface area contributed by atoms with E-state index in [9.17, 15) is 8.42 Å². The minimum absolute atomic E-state index is 0.104. The fourth-order valence-corrected chi connectivity index (χ4v) is 4.83. The van der Waals surface area contributed by atoms with E-state index in [0.29, 0.717) is 23.8 Å². The Hall–Kier alpha value is -0.470. The second kappa shape index (κ2) is 6.32. The van der Waals surface area contributed by atoms with Crippen LogP contribution in [0.15, 0.2) is 16.3 Å². The summed E-state index contributed by atoms with van der Waals surface area (Å²) >= 11 is 1.29. The largest absolute Gasteiger partial charge is 0.381 e. The van der Waals surface area contributed by atoms with Crippen LogP contribution in [0.3, 0.4) is 0 Å². The minimum atomic E-state index is -3.42. The molecule has 1 aliphatic heterocycles. The number of rotatable bonds is 6. The lowest BCUT2D eigenvalue weighted by Gasteiger charge is -2.18. The molecule has 5 nitrogen and oxygen atoms in total. The first kappa shape index (κ1) is 14.9. The highest BCUT2D eigenvalue weighted by Crippen LogP contribution is 2.24. The second-order valence-electron chi connectivity index (χ2n) is 4.79. The van der Waals surface area contributed by atoms with Gasteiger partial charge in [0.15, 0.2) is 0 Å². The molecule has 1 fully saturated rings. The summed E-state index contributed by atoms with van der Waals surface area (Å²) < 4.78 is 32.9. The Bertz CT molecular complexity index is 507. The van der Waals surface area contributed by atoms with Crippen molar-refractivity contribution >= 4 is 21.4 Å². The number of sulfonamides is 1. The molecule has 0 aliphatic carbocycles. The van der Waals surface area contributed by atoms with Gasteiger partial charge in [0.05, 0.1) is 6.61 Å². The van der Waals surface area contributed by atoms with Crippen molar-refractivity contribution < 1.29 is 13.2 Å². The zero-order valence-electron chi connectivity index (χ0n) is 11.0. The lowest BCUT2D eigenvalue weighted by molar-refractivity contribution is 0.180. The third-order valence-corrected chi connectivity index (χ3v) is 6.50.